The molecule has 0 aliphatic carbocycles. The number of pyridine rings is 1. The molecule has 0 atom stereocenters. The Labute approximate surface area is 103 Å². The second kappa shape index (κ2) is 3.43. The van der Waals surface area contributed by atoms with E-state index in [4.69, 9.17) is 0 Å². The number of hydrogen-bond acceptors (Lipinski definition) is 2. The average molecular weight is 234 g/mol. The second-order valence-electron chi connectivity index (χ2n) is 4.21. The van der Waals surface area contributed by atoms with Gasteiger partial charge in [0.2, 0.25) is 0 Å². The first-order valence-electron chi connectivity index (χ1n) is 5.77. The highest BCUT2D eigenvalue weighted by atomic mass is 15.0. The Morgan fingerprint density at radius 3 is 3.06 bits per heavy atom. The maximum Gasteiger partial charge on any atom is 0.144 e. The SMILES string of the molecule is c1ccn2c(-c3ccc4nc[nH]c4c3)ncc2c1. The Morgan fingerprint density at radius 1 is 1.06 bits per heavy atom. The smallest absolute Gasteiger partial charge is 0.144 e. The highest BCUT2D eigenvalue weighted by molar-refractivity contribution is 5.80. The van der Waals surface area contributed by atoms with Crippen LogP contribution in [0.3, 0.4) is 0 Å². The van der Waals surface area contributed by atoms with Gasteiger partial charge in [0, 0.05) is 11.8 Å². The quantitative estimate of drug-likeness (QED) is 0.550. The van der Waals surface area contributed by atoms with Crippen molar-refractivity contribution in [1.29, 1.82) is 0 Å². The summed E-state index contributed by atoms with van der Waals surface area (Å²) in [5.41, 5.74) is 4.18. The van der Waals surface area contributed by atoms with Crippen LogP contribution >= 0.6 is 0 Å². The number of nitrogens with one attached hydrogen (secondary N) is 1. The van der Waals surface area contributed by atoms with Gasteiger partial charge in [-0.3, -0.25) is 4.40 Å². The van der Waals surface area contributed by atoms with Crippen LogP contribution in [0.25, 0.3) is 27.9 Å². The van der Waals surface area contributed by atoms with E-state index in [0.29, 0.717) is 0 Å². The second-order valence-corrected chi connectivity index (χ2v) is 4.21. The molecule has 0 radical (unpaired) electrons. The van der Waals surface area contributed by atoms with Crippen molar-refractivity contribution in [3.63, 3.8) is 0 Å². The monoisotopic (exact) mass is 234 g/mol. The molecule has 0 bridgehead atoms. The van der Waals surface area contributed by atoms with Crippen LogP contribution in [-0.4, -0.2) is 19.4 Å². The fourth-order valence-corrected chi connectivity index (χ4v) is 2.23. The van der Waals surface area contributed by atoms with Crippen molar-refractivity contribution < 1.29 is 0 Å². The summed E-state index contributed by atoms with van der Waals surface area (Å²) in [5, 5.41) is 0. The first kappa shape index (κ1) is 9.41. The topological polar surface area (TPSA) is 46.0 Å². The summed E-state index contributed by atoms with van der Waals surface area (Å²) in [4.78, 5) is 11.8. The molecular weight excluding hydrogens is 224 g/mol. The summed E-state index contributed by atoms with van der Waals surface area (Å²) in [6, 6.07) is 12.2. The number of nitrogens with zero attached hydrogens (tertiary/aromatic N) is 3. The zero-order valence-corrected chi connectivity index (χ0v) is 9.54. The fraction of sp³-hybridized carbons (Fsp3) is 0. The lowest BCUT2D eigenvalue weighted by Gasteiger charge is -2.01. The van der Waals surface area contributed by atoms with E-state index in [9.17, 15) is 0 Å². The van der Waals surface area contributed by atoms with E-state index >= 15 is 0 Å². The van der Waals surface area contributed by atoms with Gasteiger partial charge >= 0.3 is 0 Å². The van der Waals surface area contributed by atoms with Crippen molar-refractivity contribution in [3.8, 4) is 11.4 Å². The molecule has 0 amide bonds. The third kappa shape index (κ3) is 1.26. The van der Waals surface area contributed by atoms with E-state index in [1.165, 1.54) is 0 Å². The van der Waals surface area contributed by atoms with Crippen LogP contribution in [0.5, 0.6) is 0 Å². The summed E-state index contributed by atoms with van der Waals surface area (Å²) in [5.74, 6) is 0.946. The van der Waals surface area contributed by atoms with Gasteiger partial charge < -0.3 is 4.98 Å². The molecule has 0 aliphatic heterocycles. The molecule has 1 N–H and O–H groups in total. The van der Waals surface area contributed by atoms with Crippen molar-refractivity contribution in [1.82, 2.24) is 19.4 Å². The molecule has 4 rings (SSSR count). The number of imidazole rings is 2. The van der Waals surface area contributed by atoms with Crippen molar-refractivity contribution in [2.75, 3.05) is 0 Å². The van der Waals surface area contributed by atoms with Crippen molar-refractivity contribution in [3.05, 3.63) is 55.1 Å². The van der Waals surface area contributed by atoms with Crippen LogP contribution in [0, 0.1) is 0 Å². The summed E-state index contributed by atoms with van der Waals surface area (Å²) in [6.45, 7) is 0. The maximum absolute atomic E-state index is 4.49. The van der Waals surface area contributed by atoms with Crippen molar-refractivity contribution in [2.45, 2.75) is 0 Å². The van der Waals surface area contributed by atoms with Crippen molar-refractivity contribution >= 4 is 16.6 Å². The lowest BCUT2D eigenvalue weighted by atomic mass is 10.2. The summed E-state index contributed by atoms with van der Waals surface area (Å²) < 4.78 is 2.08. The zero-order chi connectivity index (χ0) is 11.9. The molecule has 86 valence electrons. The van der Waals surface area contributed by atoms with Crippen LogP contribution in [0.1, 0.15) is 0 Å². The minimum absolute atomic E-state index is 0.946. The van der Waals surface area contributed by atoms with E-state index in [1.807, 2.05) is 42.7 Å². The Morgan fingerprint density at radius 2 is 2.06 bits per heavy atom. The molecule has 1 aromatic carbocycles. The van der Waals surface area contributed by atoms with E-state index < -0.39 is 0 Å². The molecular formula is C14H10N4. The standard InChI is InChI=1S/C14H10N4/c1-2-6-18-11(3-1)8-15-14(18)10-4-5-12-13(7-10)17-9-16-12/h1-9H,(H,16,17). The number of H-pyrrole nitrogens is 1. The molecule has 0 aliphatic rings. The first-order chi connectivity index (χ1) is 8.92. The normalized spacial score (nSPS) is 11.3. The molecule has 18 heavy (non-hydrogen) atoms. The molecule has 4 nitrogen and oxygen atoms in total. The molecule has 0 saturated carbocycles. The predicted molar refractivity (Wildman–Crippen MR) is 70.3 cm³/mol. The van der Waals surface area contributed by atoms with E-state index in [1.54, 1.807) is 6.33 Å². The Bertz CT molecular complexity index is 841. The number of rotatable bonds is 1. The van der Waals surface area contributed by atoms with Crippen LogP contribution in [-0.2, 0) is 0 Å². The number of aromatic nitrogens is 4. The van der Waals surface area contributed by atoms with Gasteiger partial charge in [-0.15, -0.1) is 0 Å². The largest absolute Gasteiger partial charge is 0.345 e. The fourth-order valence-electron chi connectivity index (χ4n) is 2.23. The van der Waals surface area contributed by atoms with Gasteiger partial charge in [-0.2, -0.15) is 0 Å². The number of hydrogen-bond donors (Lipinski definition) is 1. The molecule has 4 aromatic rings. The Balaban J connectivity index is 2.00. The number of fused-ring (bicyclic) bond motifs is 2. The molecule has 0 spiro atoms. The van der Waals surface area contributed by atoms with Crippen LogP contribution in [0.2, 0.25) is 0 Å². The average Bonchev–Trinajstić information content (AvgIpc) is 3.04. The Hall–Kier alpha value is -2.62. The van der Waals surface area contributed by atoms with Crippen LogP contribution < -0.4 is 0 Å². The van der Waals surface area contributed by atoms with E-state index in [2.05, 4.69) is 25.4 Å². The maximum atomic E-state index is 4.49. The highest BCUT2D eigenvalue weighted by Crippen LogP contribution is 2.22. The van der Waals surface area contributed by atoms with Gasteiger partial charge in [-0.25, -0.2) is 9.97 Å². The van der Waals surface area contributed by atoms with Gasteiger partial charge in [-0.05, 0) is 30.3 Å². The number of benzene rings is 1. The van der Waals surface area contributed by atoms with E-state index in [-0.39, 0.29) is 0 Å². The first-order valence-corrected chi connectivity index (χ1v) is 5.77. The third-order valence-electron chi connectivity index (χ3n) is 3.12. The van der Waals surface area contributed by atoms with Gasteiger partial charge in [0.1, 0.15) is 5.82 Å². The molecule has 3 aromatic heterocycles. The summed E-state index contributed by atoms with van der Waals surface area (Å²) >= 11 is 0. The van der Waals surface area contributed by atoms with Gasteiger partial charge in [0.25, 0.3) is 0 Å². The summed E-state index contributed by atoms with van der Waals surface area (Å²) in [6.07, 6.45) is 5.61. The van der Waals surface area contributed by atoms with Gasteiger partial charge in [-0.1, -0.05) is 6.07 Å². The molecule has 3 heterocycles. The molecule has 0 fully saturated rings. The molecule has 4 heteroatoms. The number of aromatic amines is 1. The molecule has 0 unspecified atom stereocenters. The van der Waals surface area contributed by atoms with Crippen molar-refractivity contribution in [2.24, 2.45) is 0 Å². The minimum Gasteiger partial charge on any atom is -0.345 e. The minimum atomic E-state index is 0.946. The van der Waals surface area contributed by atoms with Crippen LogP contribution in [0.15, 0.2) is 55.1 Å². The predicted octanol–water partition coefficient (Wildman–Crippen LogP) is 2.88. The molecule has 0 saturated heterocycles. The van der Waals surface area contributed by atoms with Gasteiger partial charge in [0.05, 0.1) is 29.1 Å². The zero-order valence-electron chi connectivity index (χ0n) is 9.54. The Kier molecular flexibility index (Phi) is 1.80. The highest BCUT2D eigenvalue weighted by Gasteiger charge is 2.06. The summed E-state index contributed by atoms with van der Waals surface area (Å²) in [7, 11) is 0. The third-order valence-corrected chi connectivity index (χ3v) is 3.12. The van der Waals surface area contributed by atoms with Gasteiger partial charge in [0.15, 0.2) is 0 Å². The van der Waals surface area contributed by atoms with E-state index in [0.717, 1.165) is 27.9 Å². The van der Waals surface area contributed by atoms with Crippen LogP contribution in [0.4, 0.5) is 0 Å². The lowest BCUT2D eigenvalue weighted by molar-refractivity contribution is 1.16. The lowest BCUT2D eigenvalue weighted by Crippen LogP contribution is -1.88.